The fraction of sp³-hybridized carbons (Fsp3) is 0.444. The van der Waals surface area contributed by atoms with Gasteiger partial charge in [-0.1, -0.05) is 0 Å². The monoisotopic (exact) mass is 341 g/mol. The summed E-state index contributed by atoms with van der Waals surface area (Å²) in [6.07, 6.45) is 4.02. The molecule has 1 unspecified atom stereocenters. The number of aromatic nitrogens is 2. The van der Waals surface area contributed by atoms with Crippen LogP contribution in [0.5, 0.6) is 5.88 Å². The topological polar surface area (TPSA) is 81.6 Å². The van der Waals surface area contributed by atoms with Crippen LogP contribution in [0.4, 0.5) is 10.5 Å². The van der Waals surface area contributed by atoms with Crippen molar-refractivity contribution in [3.05, 3.63) is 24.4 Å². The summed E-state index contributed by atoms with van der Waals surface area (Å²) in [5, 5.41) is 0. The van der Waals surface area contributed by atoms with Crippen LogP contribution in [0.1, 0.15) is 25.7 Å². The van der Waals surface area contributed by atoms with E-state index < -0.39 is 0 Å². The van der Waals surface area contributed by atoms with E-state index in [1.807, 2.05) is 6.07 Å². The second kappa shape index (κ2) is 6.31. The molecule has 3 heterocycles. The second-order valence-corrected chi connectivity index (χ2v) is 6.44. The average molecular weight is 341 g/mol. The molecule has 2 aliphatic rings. The molecule has 0 bridgehead atoms. The number of ether oxygens (including phenoxy) is 2. The molecule has 0 radical (unpaired) electrons. The van der Waals surface area contributed by atoms with E-state index in [4.69, 9.17) is 9.47 Å². The van der Waals surface area contributed by atoms with Gasteiger partial charge in [0.25, 0.3) is 0 Å². The summed E-state index contributed by atoms with van der Waals surface area (Å²) in [5.41, 5.74) is 1.97. The first-order valence-electron chi connectivity index (χ1n) is 8.45. The average Bonchev–Trinajstić information content (AvgIpc) is 3.02. The fourth-order valence-electron chi connectivity index (χ4n) is 3.71. The van der Waals surface area contributed by atoms with Crippen molar-refractivity contribution < 1.29 is 19.1 Å². The van der Waals surface area contributed by atoms with Gasteiger partial charge < -0.3 is 9.47 Å². The van der Waals surface area contributed by atoms with E-state index in [0.717, 1.165) is 12.8 Å². The number of hydrogen-bond donors (Lipinski definition) is 0. The Morgan fingerprint density at radius 3 is 2.76 bits per heavy atom. The number of hydrogen-bond acceptors (Lipinski definition) is 6. The quantitative estimate of drug-likeness (QED) is 0.854. The summed E-state index contributed by atoms with van der Waals surface area (Å²) >= 11 is 0. The predicted molar refractivity (Wildman–Crippen MR) is 90.7 cm³/mol. The highest BCUT2D eigenvalue weighted by molar-refractivity contribution is 5.99. The van der Waals surface area contributed by atoms with Crippen LogP contribution in [0.15, 0.2) is 24.4 Å². The van der Waals surface area contributed by atoms with Gasteiger partial charge in [0.15, 0.2) is 0 Å². The third-order valence-electron chi connectivity index (χ3n) is 5.04. The molecule has 2 aromatic rings. The molecule has 1 saturated carbocycles. The Hall–Kier alpha value is -2.70. The molecule has 2 aromatic heterocycles. The first-order valence-corrected chi connectivity index (χ1v) is 8.45. The number of methoxy groups -OCH3 is 1. The van der Waals surface area contributed by atoms with E-state index in [9.17, 15) is 9.59 Å². The van der Waals surface area contributed by atoms with Crippen molar-refractivity contribution in [3.8, 4) is 5.88 Å². The summed E-state index contributed by atoms with van der Waals surface area (Å²) < 4.78 is 10.6. The first-order chi connectivity index (χ1) is 12.2. The van der Waals surface area contributed by atoms with Gasteiger partial charge in [0.05, 0.1) is 24.4 Å². The van der Waals surface area contributed by atoms with Gasteiger partial charge in [-0.05, 0) is 30.9 Å². The number of cyclic esters (lactones) is 1. The van der Waals surface area contributed by atoms with E-state index in [-0.39, 0.29) is 18.1 Å². The van der Waals surface area contributed by atoms with Crippen molar-refractivity contribution in [3.63, 3.8) is 0 Å². The number of amides is 1. The minimum atomic E-state index is -0.376. The van der Waals surface area contributed by atoms with Gasteiger partial charge in [0, 0.05) is 25.1 Å². The van der Waals surface area contributed by atoms with Crippen LogP contribution in [-0.2, 0) is 9.53 Å². The van der Waals surface area contributed by atoms with Crippen molar-refractivity contribution in [1.29, 1.82) is 0 Å². The maximum Gasteiger partial charge on any atom is 0.414 e. The molecule has 1 aliphatic carbocycles. The van der Waals surface area contributed by atoms with Crippen LogP contribution in [-0.4, -0.2) is 41.6 Å². The summed E-state index contributed by atoms with van der Waals surface area (Å²) in [4.78, 5) is 34.5. The lowest BCUT2D eigenvalue weighted by Gasteiger charge is -2.31. The zero-order valence-electron chi connectivity index (χ0n) is 14.0. The Kier molecular flexibility index (Phi) is 3.99. The van der Waals surface area contributed by atoms with Gasteiger partial charge >= 0.3 is 6.09 Å². The molecular weight excluding hydrogens is 322 g/mol. The Bertz CT molecular complexity index is 828. The first kappa shape index (κ1) is 15.8. The van der Waals surface area contributed by atoms with Crippen molar-refractivity contribution in [2.24, 2.45) is 5.92 Å². The van der Waals surface area contributed by atoms with Crippen molar-refractivity contribution >= 4 is 28.6 Å². The lowest BCUT2D eigenvalue weighted by molar-refractivity contribution is -0.121. The molecule has 130 valence electrons. The maximum atomic E-state index is 12.4. The minimum Gasteiger partial charge on any atom is -0.481 e. The lowest BCUT2D eigenvalue weighted by atomic mass is 9.83. The van der Waals surface area contributed by atoms with Crippen LogP contribution in [0.3, 0.4) is 0 Å². The lowest BCUT2D eigenvalue weighted by Crippen LogP contribution is -2.41. The van der Waals surface area contributed by atoms with Crippen LogP contribution >= 0.6 is 0 Å². The zero-order chi connectivity index (χ0) is 17.4. The number of ketones is 1. The van der Waals surface area contributed by atoms with E-state index >= 15 is 0 Å². The van der Waals surface area contributed by atoms with Gasteiger partial charge in [-0.25, -0.2) is 9.78 Å². The molecule has 1 aliphatic heterocycles. The number of pyridine rings is 2. The largest absolute Gasteiger partial charge is 0.481 e. The van der Waals surface area contributed by atoms with Gasteiger partial charge in [0.1, 0.15) is 17.9 Å². The summed E-state index contributed by atoms with van der Waals surface area (Å²) in [5.74, 6) is 1.01. The molecule has 4 rings (SSSR count). The second-order valence-electron chi connectivity index (χ2n) is 6.44. The molecule has 0 aromatic carbocycles. The number of fused-ring (bicyclic) bond motifs is 1. The maximum absolute atomic E-state index is 12.4. The Morgan fingerprint density at radius 1 is 1.20 bits per heavy atom. The number of anilines is 1. The Balaban J connectivity index is 1.74. The molecule has 0 N–H and O–H groups in total. The summed E-state index contributed by atoms with van der Waals surface area (Å²) in [6.45, 7) is 0.339. The standard InChI is InChI=1S/C18H19N3O4/c1-24-16-7-6-13-17(20-16)14(8-9-19-13)21-15(10-25-18(21)23)11-2-4-12(22)5-3-11/h6-9,11,15H,2-5,10H2,1H3. The van der Waals surface area contributed by atoms with Crippen molar-refractivity contribution in [2.75, 3.05) is 18.6 Å². The number of Topliss-reactive ketones (excluding diaryl/α,β-unsaturated/α-hetero) is 1. The zero-order valence-corrected chi connectivity index (χ0v) is 14.0. The smallest absolute Gasteiger partial charge is 0.414 e. The molecule has 0 spiro atoms. The molecule has 1 saturated heterocycles. The fourth-order valence-corrected chi connectivity index (χ4v) is 3.71. The molecule has 1 atom stereocenters. The van der Waals surface area contributed by atoms with E-state index in [1.54, 1.807) is 30.3 Å². The molecule has 1 amide bonds. The summed E-state index contributed by atoms with van der Waals surface area (Å²) in [7, 11) is 1.55. The van der Waals surface area contributed by atoms with Gasteiger partial charge in [-0.15, -0.1) is 0 Å². The van der Waals surface area contributed by atoms with E-state index in [2.05, 4.69) is 9.97 Å². The number of carbonyl (C=O) groups excluding carboxylic acids is 2. The number of rotatable bonds is 3. The van der Waals surface area contributed by atoms with Crippen molar-refractivity contribution in [2.45, 2.75) is 31.7 Å². The third kappa shape index (κ3) is 2.79. The minimum absolute atomic E-state index is 0.0841. The highest BCUT2D eigenvalue weighted by atomic mass is 16.6. The van der Waals surface area contributed by atoms with Gasteiger partial charge in [-0.3, -0.25) is 14.7 Å². The predicted octanol–water partition coefficient (Wildman–Crippen LogP) is 2.72. The molecule has 25 heavy (non-hydrogen) atoms. The molecule has 7 heteroatoms. The SMILES string of the molecule is COc1ccc2nccc(N3C(=O)OCC3C3CCC(=O)CC3)c2n1. The normalized spacial score (nSPS) is 21.6. The Morgan fingerprint density at radius 2 is 2.00 bits per heavy atom. The molecule has 2 fully saturated rings. The van der Waals surface area contributed by atoms with Crippen LogP contribution in [0, 0.1) is 5.92 Å². The van der Waals surface area contributed by atoms with E-state index in [1.165, 1.54) is 0 Å². The Labute approximate surface area is 145 Å². The van der Waals surface area contributed by atoms with Gasteiger partial charge in [0.2, 0.25) is 5.88 Å². The number of carbonyl (C=O) groups is 2. The third-order valence-corrected chi connectivity index (χ3v) is 5.04. The van der Waals surface area contributed by atoms with Crippen LogP contribution < -0.4 is 9.64 Å². The highest BCUT2D eigenvalue weighted by Gasteiger charge is 2.41. The van der Waals surface area contributed by atoms with Crippen LogP contribution in [0.25, 0.3) is 11.0 Å². The molecular formula is C18H19N3O4. The summed E-state index contributed by atoms with van der Waals surface area (Å²) in [6, 6.07) is 5.26. The molecule has 7 nitrogen and oxygen atoms in total. The highest BCUT2D eigenvalue weighted by Crippen LogP contribution is 2.36. The van der Waals surface area contributed by atoms with Crippen LogP contribution in [0.2, 0.25) is 0 Å². The van der Waals surface area contributed by atoms with Crippen molar-refractivity contribution in [1.82, 2.24) is 9.97 Å². The van der Waals surface area contributed by atoms with Gasteiger partial charge in [-0.2, -0.15) is 0 Å². The number of nitrogens with zero attached hydrogens (tertiary/aromatic N) is 3. The van der Waals surface area contributed by atoms with E-state index in [0.29, 0.717) is 47.8 Å².